The minimum Gasteiger partial charge on any atom is -0.352 e. The van der Waals surface area contributed by atoms with Gasteiger partial charge in [0.2, 0.25) is 15.9 Å². The maximum atomic E-state index is 13.7. The molecule has 0 atom stereocenters. The number of nitrogens with zero attached hydrogens (tertiary/aromatic N) is 1. The van der Waals surface area contributed by atoms with Crippen molar-refractivity contribution >= 4 is 47.8 Å². The van der Waals surface area contributed by atoms with Crippen LogP contribution in [0.1, 0.15) is 18.4 Å². The Balaban J connectivity index is 1.59. The van der Waals surface area contributed by atoms with Crippen molar-refractivity contribution in [1.82, 2.24) is 9.62 Å². The van der Waals surface area contributed by atoms with Crippen molar-refractivity contribution in [2.45, 2.75) is 24.3 Å². The Morgan fingerprint density at radius 1 is 1.11 bits per heavy atom. The van der Waals surface area contributed by atoms with E-state index in [0.29, 0.717) is 27.4 Å². The first-order chi connectivity index (χ1) is 13.3. The van der Waals surface area contributed by atoms with E-state index in [4.69, 9.17) is 0 Å². The van der Waals surface area contributed by atoms with Crippen molar-refractivity contribution in [2.24, 2.45) is 5.92 Å². The lowest BCUT2D eigenvalue weighted by Crippen LogP contribution is -2.42. The van der Waals surface area contributed by atoms with Crippen LogP contribution in [-0.4, -0.2) is 31.7 Å². The fourth-order valence-electron chi connectivity index (χ4n) is 3.15. The van der Waals surface area contributed by atoms with E-state index in [1.54, 1.807) is 36.4 Å². The van der Waals surface area contributed by atoms with Crippen molar-refractivity contribution in [3.05, 3.63) is 62.8 Å². The molecular weight excluding hydrogens is 515 g/mol. The topological polar surface area (TPSA) is 66.5 Å². The molecule has 5 nitrogen and oxygen atoms in total. The lowest BCUT2D eigenvalue weighted by atomic mass is 9.97. The molecule has 1 aliphatic heterocycles. The van der Waals surface area contributed by atoms with Crippen molar-refractivity contribution in [2.75, 3.05) is 13.1 Å². The van der Waals surface area contributed by atoms with Gasteiger partial charge in [0.1, 0.15) is 5.82 Å². The van der Waals surface area contributed by atoms with Gasteiger partial charge in [0, 0.05) is 40.1 Å². The summed E-state index contributed by atoms with van der Waals surface area (Å²) in [7, 11) is -3.63. The van der Waals surface area contributed by atoms with E-state index >= 15 is 0 Å². The molecule has 1 N–H and O–H groups in total. The molecule has 1 aliphatic rings. The third-order valence-electron chi connectivity index (χ3n) is 4.71. The quantitative estimate of drug-likeness (QED) is 0.630. The molecule has 9 heteroatoms. The van der Waals surface area contributed by atoms with Gasteiger partial charge in [-0.15, -0.1) is 0 Å². The number of benzene rings is 2. The highest BCUT2D eigenvalue weighted by atomic mass is 79.9. The van der Waals surface area contributed by atoms with Gasteiger partial charge in [0.15, 0.2) is 0 Å². The van der Waals surface area contributed by atoms with Gasteiger partial charge in [-0.3, -0.25) is 4.79 Å². The molecule has 3 rings (SSSR count). The second kappa shape index (κ2) is 9.02. The number of carbonyl (C=O) groups excluding carboxylic acids is 1. The highest BCUT2D eigenvalue weighted by Gasteiger charge is 2.32. The number of rotatable bonds is 5. The Morgan fingerprint density at radius 3 is 2.32 bits per heavy atom. The van der Waals surface area contributed by atoms with E-state index in [-0.39, 0.29) is 42.2 Å². The van der Waals surface area contributed by atoms with Crippen molar-refractivity contribution in [1.29, 1.82) is 0 Å². The Morgan fingerprint density at radius 2 is 1.71 bits per heavy atom. The molecule has 2 aromatic rings. The van der Waals surface area contributed by atoms with Crippen LogP contribution < -0.4 is 5.32 Å². The van der Waals surface area contributed by atoms with E-state index in [1.165, 1.54) is 10.4 Å². The van der Waals surface area contributed by atoms with E-state index in [0.717, 1.165) is 0 Å². The first kappa shape index (κ1) is 21.4. The van der Waals surface area contributed by atoms with Gasteiger partial charge in [-0.25, -0.2) is 12.8 Å². The largest absolute Gasteiger partial charge is 0.352 e. The molecule has 0 unspecified atom stereocenters. The average molecular weight is 534 g/mol. The van der Waals surface area contributed by atoms with Crippen molar-refractivity contribution in [3.63, 3.8) is 0 Å². The number of amides is 1. The van der Waals surface area contributed by atoms with Crippen LogP contribution in [0.5, 0.6) is 0 Å². The van der Waals surface area contributed by atoms with Gasteiger partial charge in [0.25, 0.3) is 0 Å². The molecule has 150 valence electrons. The zero-order valence-corrected chi connectivity index (χ0v) is 18.9. The third kappa shape index (κ3) is 5.00. The molecular formula is C19H19Br2FN2O3S. The number of sulfonamides is 1. The Labute approximate surface area is 180 Å². The minimum absolute atomic E-state index is 0.121. The standard InChI is InChI=1S/C19H19Br2FN2O3S/c20-15-9-16(21)11-17(10-15)28(26,27)24-7-5-13(6-8-24)19(25)23-12-14-3-1-2-4-18(14)22/h1-4,9-11,13H,5-8,12H2,(H,23,25). The minimum atomic E-state index is -3.63. The van der Waals surface area contributed by atoms with Crippen LogP contribution in [-0.2, 0) is 21.4 Å². The molecule has 0 radical (unpaired) electrons. The Kier molecular flexibility index (Phi) is 6.90. The lowest BCUT2D eigenvalue weighted by Gasteiger charge is -2.30. The van der Waals surface area contributed by atoms with E-state index < -0.39 is 10.0 Å². The first-order valence-electron chi connectivity index (χ1n) is 8.75. The number of nitrogens with one attached hydrogen (secondary N) is 1. The van der Waals surface area contributed by atoms with E-state index in [1.807, 2.05) is 0 Å². The summed E-state index contributed by atoms with van der Waals surface area (Å²) in [6.07, 6.45) is 0.856. The molecule has 0 aliphatic carbocycles. The van der Waals surface area contributed by atoms with Gasteiger partial charge >= 0.3 is 0 Å². The lowest BCUT2D eigenvalue weighted by molar-refractivity contribution is -0.126. The summed E-state index contributed by atoms with van der Waals surface area (Å²) in [5.74, 6) is -0.818. The second-order valence-electron chi connectivity index (χ2n) is 6.59. The van der Waals surface area contributed by atoms with Gasteiger partial charge in [-0.1, -0.05) is 50.1 Å². The monoisotopic (exact) mass is 532 g/mol. The average Bonchev–Trinajstić information content (AvgIpc) is 2.66. The number of carbonyl (C=O) groups is 1. The second-order valence-corrected chi connectivity index (χ2v) is 10.4. The first-order valence-corrected chi connectivity index (χ1v) is 11.8. The molecule has 28 heavy (non-hydrogen) atoms. The molecule has 0 bridgehead atoms. The molecule has 0 aromatic heterocycles. The third-order valence-corrected chi connectivity index (χ3v) is 7.50. The SMILES string of the molecule is O=C(NCc1ccccc1F)C1CCN(S(=O)(=O)c2cc(Br)cc(Br)c2)CC1. The highest BCUT2D eigenvalue weighted by molar-refractivity contribution is 9.11. The molecule has 0 spiro atoms. The van der Waals surface area contributed by atoms with Crippen LogP contribution in [0.2, 0.25) is 0 Å². The van der Waals surface area contributed by atoms with Gasteiger partial charge in [0.05, 0.1) is 4.90 Å². The number of halogens is 3. The summed E-state index contributed by atoms with van der Waals surface area (Å²) in [6.45, 7) is 0.657. The van der Waals surface area contributed by atoms with Crippen LogP contribution in [0.3, 0.4) is 0 Å². The zero-order chi connectivity index (χ0) is 20.3. The van der Waals surface area contributed by atoms with Gasteiger partial charge < -0.3 is 5.32 Å². The smallest absolute Gasteiger partial charge is 0.243 e. The fraction of sp³-hybridized carbons (Fsp3) is 0.316. The molecule has 1 saturated heterocycles. The van der Waals surface area contributed by atoms with Gasteiger partial charge in [-0.2, -0.15) is 4.31 Å². The zero-order valence-electron chi connectivity index (χ0n) is 14.9. The summed E-state index contributed by atoms with van der Waals surface area (Å²) in [6, 6.07) is 11.2. The van der Waals surface area contributed by atoms with Gasteiger partial charge in [-0.05, 0) is 37.1 Å². The van der Waals surface area contributed by atoms with Crippen LogP contribution in [0.15, 0.2) is 56.3 Å². The van der Waals surface area contributed by atoms with Crippen LogP contribution >= 0.6 is 31.9 Å². The number of hydrogen-bond acceptors (Lipinski definition) is 3. The molecule has 1 heterocycles. The summed E-state index contributed by atoms with van der Waals surface area (Å²) in [4.78, 5) is 12.6. The normalized spacial score (nSPS) is 16.1. The van der Waals surface area contributed by atoms with E-state index in [9.17, 15) is 17.6 Å². The summed E-state index contributed by atoms with van der Waals surface area (Å²) < 4.78 is 42.1. The predicted molar refractivity (Wildman–Crippen MR) is 112 cm³/mol. The van der Waals surface area contributed by atoms with E-state index in [2.05, 4.69) is 37.2 Å². The van der Waals surface area contributed by atoms with Crippen molar-refractivity contribution in [3.8, 4) is 0 Å². The molecule has 1 amide bonds. The molecule has 1 fully saturated rings. The summed E-state index contributed by atoms with van der Waals surface area (Å²) in [5, 5.41) is 2.75. The number of piperidine rings is 1. The molecule has 0 saturated carbocycles. The Bertz CT molecular complexity index is 957. The number of hydrogen-bond donors (Lipinski definition) is 1. The molecule has 2 aromatic carbocycles. The van der Waals surface area contributed by atoms with Crippen LogP contribution in [0.25, 0.3) is 0 Å². The maximum Gasteiger partial charge on any atom is 0.243 e. The fourth-order valence-corrected chi connectivity index (χ4v) is 6.29. The predicted octanol–water partition coefficient (Wildman–Crippen LogP) is 4.07. The van der Waals surface area contributed by atoms with Crippen LogP contribution in [0, 0.1) is 11.7 Å². The Hall–Kier alpha value is -1.29. The van der Waals surface area contributed by atoms with Crippen molar-refractivity contribution < 1.29 is 17.6 Å². The maximum absolute atomic E-state index is 13.7. The highest BCUT2D eigenvalue weighted by Crippen LogP contribution is 2.28. The summed E-state index contributed by atoms with van der Waals surface area (Å²) in [5.41, 5.74) is 0.427. The summed E-state index contributed by atoms with van der Waals surface area (Å²) >= 11 is 6.61. The van der Waals surface area contributed by atoms with Crippen LogP contribution in [0.4, 0.5) is 4.39 Å².